The van der Waals surface area contributed by atoms with Crippen LogP contribution in [0.1, 0.15) is 20.1 Å². The fourth-order valence-electron chi connectivity index (χ4n) is 3.48. The van der Waals surface area contributed by atoms with Crippen LogP contribution >= 0.6 is 12.2 Å². The minimum atomic E-state index is -0.773. The van der Waals surface area contributed by atoms with E-state index in [1.54, 1.807) is 16.7 Å². The highest BCUT2D eigenvalue weighted by Crippen LogP contribution is 2.43. The Hall–Kier alpha value is -1.58. The van der Waals surface area contributed by atoms with Gasteiger partial charge in [-0.3, -0.25) is 14.3 Å². The first kappa shape index (κ1) is 15.9. The molecule has 128 valence electrons. The van der Waals surface area contributed by atoms with Crippen LogP contribution in [0.2, 0.25) is 0 Å². The molecule has 8 heteroatoms. The van der Waals surface area contributed by atoms with Gasteiger partial charge >= 0.3 is 0 Å². The number of H-pyrrole nitrogens is 1. The smallest absolute Gasteiger partial charge is 0.259 e. The molecule has 0 aliphatic carbocycles. The third-order valence-electron chi connectivity index (χ3n) is 4.41. The molecule has 7 nitrogen and oxygen atoms in total. The first-order chi connectivity index (χ1) is 11.4. The second-order valence-electron chi connectivity index (χ2n) is 6.46. The number of nitrogens with zero attached hydrogens (tertiary/aromatic N) is 1. The van der Waals surface area contributed by atoms with Gasteiger partial charge in [0.25, 0.3) is 5.56 Å². The van der Waals surface area contributed by atoms with Crippen LogP contribution in [0.4, 0.5) is 0 Å². The van der Waals surface area contributed by atoms with Crippen LogP contribution in [0.25, 0.3) is 10.9 Å². The zero-order valence-electron chi connectivity index (χ0n) is 13.3. The fourth-order valence-corrected chi connectivity index (χ4v) is 3.77. The lowest BCUT2D eigenvalue weighted by Gasteiger charge is -2.25. The lowest BCUT2D eigenvalue weighted by atomic mass is 10.1. The number of aromatic amines is 1. The van der Waals surface area contributed by atoms with Crippen molar-refractivity contribution in [2.24, 2.45) is 0 Å². The minimum Gasteiger partial charge on any atom is -0.394 e. The van der Waals surface area contributed by atoms with Gasteiger partial charge in [-0.1, -0.05) is 12.1 Å². The number of hydrogen-bond donors (Lipinski definition) is 2. The van der Waals surface area contributed by atoms with Crippen molar-refractivity contribution in [1.82, 2.24) is 9.55 Å². The Morgan fingerprint density at radius 2 is 2.00 bits per heavy atom. The highest BCUT2D eigenvalue weighted by molar-refractivity contribution is 7.71. The summed E-state index contributed by atoms with van der Waals surface area (Å²) < 4.78 is 19.8. The maximum atomic E-state index is 12.1. The summed E-state index contributed by atoms with van der Waals surface area (Å²) in [5.41, 5.74) is 0.408. The molecule has 4 atom stereocenters. The molecule has 2 aliphatic heterocycles. The number of aliphatic hydroxyl groups is 1. The van der Waals surface area contributed by atoms with Gasteiger partial charge in [0.05, 0.1) is 17.5 Å². The van der Waals surface area contributed by atoms with E-state index in [0.717, 1.165) is 0 Å². The van der Waals surface area contributed by atoms with Crippen molar-refractivity contribution in [3.63, 3.8) is 0 Å². The highest BCUT2D eigenvalue weighted by Gasteiger charge is 2.55. The molecule has 1 aromatic heterocycles. The van der Waals surface area contributed by atoms with E-state index in [2.05, 4.69) is 4.98 Å². The molecular weight excluding hydrogens is 332 g/mol. The second-order valence-corrected chi connectivity index (χ2v) is 6.85. The maximum absolute atomic E-state index is 12.1. The lowest BCUT2D eigenvalue weighted by Crippen LogP contribution is -2.31. The normalized spacial score (nSPS) is 31.5. The number of hydrogen-bond acceptors (Lipinski definition) is 6. The Morgan fingerprint density at radius 1 is 1.29 bits per heavy atom. The molecule has 2 saturated heterocycles. The molecule has 24 heavy (non-hydrogen) atoms. The van der Waals surface area contributed by atoms with Crippen LogP contribution in [-0.4, -0.2) is 45.4 Å². The van der Waals surface area contributed by atoms with E-state index in [1.165, 1.54) is 0 Å². The summed E-state index contributed by atoms with van der Waals surface area (Å²) in [6, 6.07) is 7.16. The van der Waals surface area contributed by atoms with E-state index in [0.29, 0.717) is 10.9 Å². The van der Waals surface area contributed by atoms with E-state index in [4.69, 9.17) is 26.4 Å². The van der Waals surface area contributed by atoms with Gasteiger partial charge in [-0.15, -0.1) is 0 Å². The molecule has 2 fully saturated rings. The first-order valence-corrected chi connectivity index (χ1v) is 8.17. The maximum Gasteiger partial charge on any atom is 0.259 e. The fraction of sp³-hybridized carbons (Fsp3) is 0.500. The number of aliphatic hydroxyl groups excluding tert-OH is 1. The van der Waals surface area contributed by atoms with Crippen LogP contribution < -0.4 is 5.56 Å². The number of ether oxygens (including phenoxy) is 3. The van der Waals surface area contributed by atoms with Crippen LogP contribution in [0, 0.1) is 4.77 Å². The van der Waals surface area contributed by atoms with Crippen molar-refractivity contribution in [1.29, 1.82) is 0 Å². The minimum absolute atomic E-state index is 0.189. The third kappa shape index (κ3) is 2.34. The zero-order valence-corrected chi connectivity index (χ0v) is 14.1. The van der Waals surface area contributed by atoms with Crippen molar-refractivity contribution < 1.29 is 19.3 Å². The Balaban J connectivity index is 1.89. The van der Waals surface area contributed by atoms with Gasteiger partial charge in [0.15, 0.2) is 16.8 Å². The monoisotopic (exact) mass is 350 g/mol. The SMILES string of the molecule is CC1(C)O[C@@H]2[C@H](O1)[C@@H](CO)O[C@H]2n1c(=S)[nH]c(=O)c2ccccc21. The molecule has 0 spiro atoms. The Morgan fingerprint density at radius 3 is 2.75 bits per heavy atom. The summed E-state index contributed by atoms with van der Waals surface area (Å²) in [6.45, 7) is 3.45. The van der Waals surface area contributed by atoms with Crippen LogP contribution in [-0.2, 0) is 14.2 Å². The molecule has 4 rings (SSSR count). The molecule has 2 aromatic rings. The topological polar surface area (TPSA) is 85.7 Å². The Bertz CT molecular complexity index is 905. The Kier molecular flexibility index (Phi) is 3.63. The van der Waals surface area contributed by atoms with Crippen molar-refractivity contribution in [3.05, 3.63) is 39.4 Å². The molecular formula is C16H18N2O5S. The van der Waals surface area contributed by atoms with Gasteiger partial charge in [0, 0.05) is 0 Å². The molecule has 2 N–H and O–H groups in total. The first-order valence-electron chi connectivity index (χ1n) is 7.77. The number of rotatable bonds is 2. The van der Waals surface area contributed by atoms with E-state index in [1.807, 2.05) is 26.0 Å². The van der Waals surface area contributed by atoms with Gasteiger partial charge in [-0.2, -0.15) is 0 Å². The number of benzene rings is 1. The quantitative estimate of drug-likeness (QED) is 0.798. The van der Waals surface area contributed by atoms with Gasteiger partial charge in [-0.05, 0) is 38.2 Å². The van der Waals surface area contributed by atoms with E-state index in [-0.39, 0.29) is 16.9 Å². The van der Waals surface area contributed by atoms with Crippen molar-refractivity contribution in [3.8, 4) is 0 Å². The second kappa shape index (κ2) is 5.47. The number of para-hydroxylation sites is 1. The van der Waals surface area contributed by atoms with Crippen molar-refractivity contribution in [2.45, 2.75) is 44.2 Å². The van der Waals surface area contributed by atoms with Gasteiger partial charge in [0.1, 0.15) is 18.3 Å². The largest absolute Gasteiger partial charge is 0.394 e. The van der Waals surface area contributed by atoms with E-state index < -0.39 is 30.3 Å². The highest BCUT2D eigenvalue weighted by atomic mass is 32.1. The van der Waals surface area contributed by atoms with Gasteiger partial charge in [0.2, 0.25) is 0 Å². The molecule has 0 saturated carbocycles. The van der Waals surface area contributed by atoms with Gasteiger partial charge < -0.3 is 19.3 Å². The molecule has 0 radical (unpaired) electrons. The van der Waals surface area contributed by atoms with E-state index >= 15 is 0 Å². The van der Waals surface area contributed by atoms with E-state index in [9.17, 15) is 9.90 Å². The number of nitrogens with one attached hydrogen (secondary N) is 1. The number of aromatic nitrogens is 2. The molecule has 1 aromatic carbocycles. The summed E-state index contributed by atoms with van der Waals surface area (Å²) in [6.07, 6.45) is -1.95. The third-order valence-corrected chi connectivity index (χ3v) is 4.71. The summed E-state index contributed by atoms with van der Waals surface area (Å²) in [4.78, 5) is 14.8. The lowest BCUT2D eigenvalue weighted by molar-refractivity contribution is -0.199. The summed E-state index contributed by atoms with van der Waals surface area (Å²) in [5, 5.41) is 10.1. The average Bonchev–Trinajstić information content (AvgIpc) is 3.01. The van der Waals surface area contributed by atoms with Crippen LogP contribution in [0.5, 0.6) is 0 Å². The number of fused-ring (bicyclic) bond motifs is 2. The Labute approximate surface area is 142 Å². The molecule has 0 bridgehead atoms. The molecule has 3 heterocycles. The predicted octanol–water partition coefficient (Wildman–Crippen LogP) is 1.47. The van der Waals surface area contributed by atoms with Crippen molar-refractivity contribution in [2.75, 3.05) is 6.61 Å². The summed E-state index contributed by atoms with van der Waals surface area (Å²) in [7, 11) is 0. The average molecular weight is 350 g/mol. The van der Waals surface area contributed by atoms with Crippen LogP contribution in [0.15, 0.2) is 29.1 Å². The summed E-state index contributed by atoms with van der Waals surface area (Å²) in [5.74, 6) is -0.773. The molecule has 2 aliphatic rings. The summed E-state index contributed by atoms with van der Waals surface area (Å²) >= 11 is 5.36. The predicted molar refractivity (Wildman–Crippen MR) is 88.2 cm³/mol. The zero-order chi connectivity index (χ0) is 17.1. The van der Waals surface area contributed by atoms with Gasteiger partial charge in [-0.25, -0.2) is 0 Å². The van der Waals surface area contributed by atoms with Crippen LogP contribution in [0.3, 0.4) is 0 Å². The standard InChI is InChI=1S/C16H18N2O5S/c1-16(2)22-11-10(7-19)21-14(12(11)23-16)18-9-6-4-3-5-8(9)13(20)17-15(18)24/h3-6,10-12,14,19H,7H2,1-2H3,(H,17,20,24)/t10-,11-,12-,14-/m1/s1. The molecule has 0 amide bonds. The molecule has 0 unspecified atom stereocenters. The van der Waals surface area contributed by atoms with Crippen molar-refractivity contribution >= 4 is 23.1 Å².